The molecule has 0 aliphatic carbocycles. The van der Waals surface area contributed by atoms with Crippen molar-refractivity contribution in [1.82, 2.24) is 9.55 Å². The molecule has 0 saturated carbocycles. The Morgan fingerprint density at radius 2 is 1.68 bits per heavy atom. The maximum absolute atomic E-state index is 11.2. The number of para-hydroxylation sites is 1. The summed E-state index contributed by atoms with van der Waals surface area (Å²) in [6, 6.07) is 15.6. The standard InChI is InChI=1S/C16H12N2O/c19-11-13-5-1-2-6-14(13)15-7-3-4-8-16(15)18-10-9-17-12-18/h1-12H. The molecule has 2 aromatic carbocycles. The number of nitrogens with zero attached hydrogens (tertiary/aromatic N) is 2. The molecule has 0 aliphatic rings. The van der Waals surface area contributed by atoms with Gasteiger partial charge in [-0.3, -0.25) is 4.79 Å². The van der Waals surface area contributed by atoms with E-state index in [1.165, 1.54) is 0 Å². The Morgan fingerprint density at radius 3 is 2.42 bits per heavy atom. The van der Waals surface area contributed by atoms with Gasteiger partial charge in [0, 0.05) is 23.5 Å². The molecular formula is C16H12N2O. The Bertz CT molecular complexity index is 702. The number of carbonyl (C=O) groups is 1. The summed E-state index contributed by atoms with van der Waals surface area (Å²) in [6.45, 7) is 0. The average Bonchev–Trinajstić information content (AvgIpc) is 3.01. The van der Waals surface area contributed by atoms with Gasteiger partial charge in [-0.05, 0) is 11.6 Å². The van der Waals surface area contributed by atoms with Crippen LogP contribution in [0, 0.1) is 0 Å². The molecule has 3 heteroatoms. The number of hydrogen-bond acceptors (Lipinski definition) is 2. The third-order valence-corrected chi connectivity index (χ3v) is 3.06. The van der Waals surface area contributed by atoms with Crippen LogP contribution in [0.4, 0.5) is 0 Å². The highest BCUT2D eigenvalue weighted by atomic mass is 16.1. The smallest absolute Gasteiger partial charge is 0.150 e. The quantitative estimate of drug-likeness (QED) is 0.666. The van der Waals surface area contributed by atoms with Crippen LogP contribution in [0.2, 0.25) is 0 Å². The lowest BCUT2D eigenvalue weighted by Gasteiger charge is -2.11. The largest absolute Gasteiger partial charge is 0.306 e. The molecule has 0 atom stereocenters. The van der Waals surface area contributed by atoms with E-state index in [1.54, 1.807) is 12.5 Å². The third-order valence-electron chi connectivity index (χ3n) is 3.06. The molecule has 0 bridgehead atoms. The van der Waals surface area contributed by atoms with Crippen molar-refractivity contribution in [2.24, 2.45) is 0 Å². The summed E-state index contributed by atoms with van der Waals surface area (Å²) in [4.78, 5) is 15.2. The van der Waals surface area contributed by atoms with Crippen LogP contribution < -0.4 is 0 Å². The molecule has 19 heavy (non-hydrogen) atoms. The number of hydrogen-bond donors (Lipinski definition) is 0. The Hall–Kier alpha value is -2.68. The highest BCUT2D eigenvalue weighted by Gasteiger charge is 2.09. The Labute approximate surface area is 111 Å². The molecule has 0 fully saturated rings. The van der Waals surface area contributed by atoms with Crippen LogP contribution in [0.15, 0.2) is 67.3 Å². The SMILES string of the molecule is O=Cc1ccccc1-c1ccccc1-n1ccnc1. The second kappa shape index (κ2) is 4.90. The van der Waals surface area contributed by atoms with Gasteiger partial charge in [0.1, 0.15) is 0 Å². The zero-order valence-electron chi connectivity index (χ0n) is 10.2. The van der Waals surface area contributed by atoms with Gasteiger partial charge in [0.25, 0.3) is 0 Å². The fourth-order valence-corrected chi connectivity index (χ4v) is 2.17. The van der Waals surface area contributed by atoms with E-state index < -0.39 is 0 Å². The van der Waals surface area contributed by atoms with Gasteiger partial charge in [-0.15, -0.1) is 0 Å². The lowest BCUT2D eigenvalue weighted by molar-refractivity contribution is 0.112. The van der Waals surface area contributed by atoms with Crippen LogP contribution in [0.5, 0.6) is 0 Å². The Balaban J connectivity index is 2.24. The van der Waals surface area contributed by atoms with Gasteiger partial charge in [0.15, 0.2) is 6.29 Å². The van der Waals surface area contributed by atoms with Crippen LogP contribution in [-0.2, 0) is 0 Å². The highest BCUT2D eigenvalue weighted by Crippen LogP contribution is 2.28. The van der Waals surface area contributed by atoms with Crippen molar-refractivity contribution in [2.45, 2.75) is 0 Å². The monoisotopic (exact) mass is 248 g/mol. The molecule has 1 aromatic heterocycles. The first-order valence-corrected chi connectivity index (χ1v) is 6.02. The third kappa shape index (κ3) is 2.06. The van der Waals surface area contributed by atoms with Crippen molar-refractivity contribution in [3.05, 3.63) is 72.8 Å². The Kier molecular flexibility index (Phi) is 2.94. The van der Waals surface area contributed by atoms with Crippen LogP contribution in [-0.4, -0.2) is 15.8 Å². The number of aromatic nitrogens is 2. The molecule has 3 aromatic rings. The fourth-order valence-electron chi connectivity index (χ4n) is 2.17. The normalized spacial score (nSPS) is 10.3. The molecule has 92 valence electrons. The van der Waals surface area contributed by atoms with Crippen molar-refractivity contribution in [3.8, 4) is 16.8 Å². The van der Waals surface area contributed by atoms with Gasteiger partial charge < -0.3 is 4.57 Å². The lowest BCUT2D eigenvalue weighted by Crippen LogP contribution is -1.95. The van der Waals surface area contributed by atoms with Gasteiger partial charge in [0.2, 0.25) is 0 Å². The van der Waals surface area contributed by atoms with E-state index in [4.69, 9.17) is 0 Å². The second-order valence-corrected chi connectivity index (χ2v) is 4.19. The van der Waals surface area contributed by atoms with E-state index in [-0.39, 0.29) is 0 Å². The number of carbonyl (C=O) groups excluding carboxylic acids is 1. The molecule has 0 N–H and O–H groups in total. The van der Waals surface area contributed by atoms with Crippen molar-refractivity contribution >= 4 is 6.29 Å². The zero-order valence-corrected chi connectivity index (χ0v) is 10.2. The van der Waals surface area contributed by atoms with Crippen LogP contribution >= 0.6 is 0 Å². The number of benzene rings is 2. The van der Waals surface area contributed by atoms with E-state index in [9.17, 15) is 4.79 Å². The summed E-state index contributed by atoms with van der Waals surface area (Å²) in [5.41, 5.74) is 3.65. The summed E-state index contributed by atoms with van der Waals surface area (Å²) in [5, 5.41) is 0. The fraction of sp³-hybridized carbons (Fsp3) is 0. The summed E-state index contributed by atoms with van der Waals surface area (Å²) in [7, 11) is 0. The van der Waals surface area contributed by atoms with E-state index in [0.717, 1.165) is 23.1 Å². The minimum Gasteiger partial charge on any atom is -0.306 e. The maximum Gasteiger partial charge on any atom is 0.150 e. The van der Waals surface area contributed by atoms with E-state index in [1.807, 2.05) is 59.3 Å². The van der Waals surface area contributed by atoms with E-state index in [2.05, 4.69) is 4.98 Å². The van der Waals surface area contributed by atoms with Gasteiger partial charge in [-0.25, -0.2) is 4.98 Å². The maximum atomic E-state index is 11.2. The molecule has 0 aliphatic heterocycles. The van der Waals surface area contributed by atoms with Crippen molar-refractivity contribution in [2.75, 3.05) is 0 Å². The van der Waals surface area contributed by atoms with Gasteiger partial charge in [-0.2, -0.15) is 0 Å². The van der Waals surface area contributed by atoms with Gasteiger partial charge in [-0.1, -0.05) is 42.5 Å². The number of imidazole rings is 1. The molecule has 0 amide bonds. The van der Waals surface area contributed by atoms with E-state index in [0.29, 0.717) is 5.56 Å². The van der Waals surface area contributed by atoms with Gasteiger partial charge in [0.05, 0.1) is 12.0 Å². The minimum absolute atomic E-state index is 0.690. The van der Waals surface area contributed by atoms with E-state index >= 15 is 0 Å². The number of aldehydes is 1. The molecule has 0 spiro atoms. The highest BCUT2D eigenvalue weighted by molar-refractivity contribution is 5.89. The molecule has 0 unspecified atom stereocenters. The van der Waals surface area contributed by atoms with Crippen LogP contribution in [0.3, 0.4) is 0 Å². The lowest BCUT2D eigenvalue weighted by atomic mass is 9.99. The average molecular weight is 248 g/mol. The summed E-state index contributed by atoms with van der Waals surface area (Å²) >= 11 is 0. The molecule has 3 nitrogen and oxygen atoms in total. The first-order chi connectivity index (χ1) is 9.40. The molecule has 3 rings (SSSR count). The molecule has 0 saturated heterocycles. The predicted molar refractivity (Wildman–Crippen MR) is 74.4 cm³/mol. The summed E-state index contributed by atoms with van der Waals surface area (Å²) in [6.07, 6.45) is 6.27. The minimum atomic E-state index is 0.690. The summed E-state index contributed by atoms with van der Waals surface area (Å²) < 4.78 is 1.94. The van der Waals surface area contributed by atoms with Crippen molar-refractivity contribution < 1.29 is 4.79 Å². The molecule has 1 heterocycles. The second-order valence-electron chi connectivity index (χ2n) is 4.19. The van der Waals surface area contributed by atoms with Crippen molar-refractivity contribution in [3.63, 3.8) is 0 Å². The number of rotatable bonds is 3. The van der Waals surface area contributed by atoms with Gasteiger partial charge >= 0.3 is 0 Å². The molecular weight excluding hydrogens is 236 g/mol. The zero-order chi connectivity index (χ0) is 13.1. The predicted octanol–water partition coefficient (Wildman–Crippen LogP) is 3.35. The first-order valence-electron chi connectivity index (χ1n) is 6.02. The van der Waals surface area contributed by atoms with Crippen LogP contribution in [0.1, 0.15) is 10.4 Å². The first kappa shape index (κ1) is 11.4. The van der Waals surface area contributed by atoms with Crippen LogP contribution in [0.25, 0.3) is 16.8 Å². The topological polar surface area (TPSA) is 34.9 Å². The Morgan fingerprint density at radius 1 is 0.947 bits per heavy atom. The molecule has 0 radical (unpaired) electrons. The van der Waals surface area contributed by atoms with Crippen molar-refractivity contribution in [1.29, 1.82) is 0 Å². The summed E-state index contributed by atoms with van der Waals surface area (Å²) in [5.74, 6) is 0.